The summed E-state index contributed by atoms with van der Waals surface area (Å²) in [5.41, 5.74) is 0.369. The van der Waals surface area contributed by atoms with Crippen molar-refractivity contribution in [2.45, 2.75) is 53.1 Å². The van der Waals surface area contributed by atoms with Gasteiger partial charge in [0.25, 0.3) is 0 Å². The van der Waals surface area contributed by atoms with E-state index >= 15 is 0 Å². The van der Waals surface area contributed by atoms with Gasteiger partial charge >= 0.3 is 11.9 Å². The molecule has 0 aliphatic heterocycles. The van der Waals surface area contributed by atoms with Crippen molar-refractivity contribution in [2.75, 3.05) is 7.11 Å². The van der Waals surface area contributed by atoms with Gasteiger partial charge in [0.2, 0.25) is 5.75 Å². The Kier molecular flexibility index (Phi) is 9.23. The van der Waals surface area contributed by atoms with Crippen LogP contribution in [-0.2, 0) is 14.3 Å². The maximum Gasteiger partial charge on any atom is 0.309 e. The molecule has 9 heteroatoms. The maximum atomic E-state index is 13.8. The number of benzene rings is 1. The highest BCUT2D eigenvalue weighted by atomic mass is 19.2. The van der Waals surface area contributed by atoms with Crippen LogP contribution < -0.4 is 9.47 Å². The first-order valence-corrected chi connectivity index (χ1v) is 10.9. The van der Waals surface area contributed by atoms with E-state index in [0.717, 1.165) is 12.1 Å². The molecule has 0 N–H and O–H groups in total. The predicted molar refractivity (Wildman–Crippen MR) is 120 cm³/mol. The van der Waals surface area contributed by atoms with E-state index in [1.54, 1.807) is 6.92 Å². The summed E-state index contributed by atoms with van der Waals surface area (Å²) in [6.07, 6.45) is 0.415. The van der Waals surface area contributed by atoms with Gasteiger partial charge in [-0.3, -0.25) is 14.4 Å². The average Bonchev–Trinajstić information content (AvgIpc) is 2.75. The van der Waals surface area contributed by atoms with Crippen molar-refractivity contribution >= 4 is 17.7 Å². The highest BCUT2D eigenvalue weighted by Gasteiger charge is 2.30. The zero-order chi connectivity index (χ0) is 25.6. The summed E-state index contributed by atoms with van der Waals surface area (Å²) in [5, 5.41) is 0. The van der Waals surface area contributed by atoms with E-state index in [-0.39, 0.29) is 29.5 Å². The highest BCUT2D eigenvalue weighted by molar-refractivity contribution is 5.99. The molecule has 0 saturated carbocycles. The van der Waals surface area contributed by atoms with Crippen LogP contribution in [0.5, 0.6) is 11.5 Å². The Labute approximate surface area is 197 Å². The zero-order valence-electron chi connectivity index (χ0n) is 20.1. The lowest BCUT2D eigenvalue weighted by atomic mass is 9.84. The minimum absolute atomic E-state index is 0.0446. The summed E-state index contributed by atoms with van der Waals surface area (Å²) in [7, 11) is 1.36. The van der Waals surface area contributed by atoms with Gasteiger partial charge in [0.05, 0.1) is 13.0 Å². The fraction of sp³-hybridized carbons (Fsp3) is 0.440. The van der Waals surface area contributed by atoms with Crippen LogP contribution in [0.4, 0.5) is 8.78 Å². The molecule has 0 aliphatic carbocycles. The van der Waals surface area contributed by atoms with Crippen LogP contribution in [0, 0.1) is 23.5 Å². The molecule has 1 aromatic carbocycles. The lowest BCUT2D eigenvalue weighted by Crippen LogP contribution is -2.29. The van der Waals surface area contributed by atoms with Gasteiger partial charge in [-0.1, -0.05) is 26.8 Å². The van der Waals surface area contributed by atoms with E-state index in [1.807, 2.05) is 13.8 Å². The average molecular weight is 478 g/mol. The number of rotatable bonds is 10. The summed E-state index contributed by atoms with van der Waals surface area (Å²) in [6.45, 7) is 8.14. The number of Topliss-reactive ketones (excluding diaryl/α,β-unsaturated/α-hetero) is 1. The molecule has 2 aromatic rings. The number of carbonyl (C=O) groups excluding carboxylic acids is 3. The number of nitrogens with zero attached hydrogens (tertiary/aromatic N) is 1. The summed E-state index contributed by atoms with van der Waals surface area (Å²) >= 11 is 0. The third-order valence-corrected chi connectivity index (χ3v) is 5.35. The third kappa shape index (κ3) is 6.59. The van der Waals surface area contributed by atoms with Crippen molar-refractivity contribution in [2.24, 2.45) is 11.8 Å². The number of hydrogen-bond acceptors (Lipinski definition) is 7. The molecule has 1 aromatic heterocycles. The molecule has 0 spiro atoms. The van der Waals surface area contributed by atoms with Crippen LogP contribution in [0.3, 0.4) is 0 Å². The van der Waals surface area contributed by atoms with Crippen molar-refractivity contribution in [1.29, 1.82) is 0 Å². The van der Waals surface area contributed by atoms with E-state index in [2.05, 4.69) is 4.98 Å². The smallest absolute Gasteiger partial charge is 0.309 e. The van der Waals surface area contributed by atoms with Gasteiger partial charge < -0.3 is 14.2 Å². The van der Waals surface area contributed by atoms with E-state index in [0.29, 0.717) is 5.56 Å². The summed E-state index contributed by atoms with van der Waals surface area (Å²) in [5.74, 6) is -4.99. The predicted octanol–water partition coefficient (Wildman–Crippen LogP) is 4.87. The molecular weight excluding hydrogens is 448 g/mol. The van der Waals surface area contributed by atoms with Crippen molar-refractivity contribution < 1.29 is 37.4 Å². The van der Waals surface area contributed by atoms with Gasteiger partial charge in [0, 0.05) is 31.5 Å². The molecule has 34 heavy (non-hydrogen) atoms. The third-order valence-electron chi connectivity index (χ3n) is 5.35. The van der Waals surface area contributed by atoms with E-state index < -0.39 is 47.3 Å². The standard InChI is InChI=1S/C25H29F2NO6/c1-13(2)22(17-7-8-18(26)19(27)12-17)15(4)33-25(31)14(3)11-20(30)23-24(34-16(5)29)21(32-6)9-10-28-23/h7-10,12-15,22H,11H2,1-6H3/t14-,15+,22-/m1/s1. The molecule has 7 nitrogen and oxygen atoms in total. The number of halogens is 2. The normalized spacial score (nSPS) is 13.7. The Morgan fingerprint density at radius 1 is 1.03 bits per heavy atom. The molecule has 1 heterocycles. The Bertz CT molecular complexity index is 1060. The lowest BCUT2D eigenvalue weighted by Gasteiger charge is -2.28. The minimum Gasteiger partial charge on any atom is -0.493 e. The minimum atomic E-state index is -0.977. The molecule has 0 fully saturated rings. The second-order valence-electron chi connectivity index (χ2n) is 8.40. The van der Waals surface area contributed by atoms with Crippen LogP contribution >= 0.6 is 0 Å². The quantitative estimate of drug-likeness (QED) is 0.356. The number of ketones is 1. The summed E-state index contributed by atoms with van der Waals surface area (Å²) < 4.78 is 43.0. The van der Waals surface area contributed by atoms with Crippen molar-refractivity contribution in [3.05, 3.63) is 53.4 Å². The van der Waals surface area contributed by atoms with Crippen LogP contribution in [0.15, 0.2) is 30.5 Å². The first-order chi connectivity index (χ1) is 16.0. The maximum absolute atomic E-state index is 13.8. The van der Waals surface area contributed by atoms with Crippen LogP contribution in [-0.4, -0.2) is 35.9 Å². The molecular formula is C25H29F2NO6. The molecule has 184 valence electrons. The fourth-order valence-electron chi connectivity index (χ4n) is 3.78. The topological polar surface area (TPSA) is 91.8 Å². The van der Waals surface area contributed by atoms with Gasteiger partial charge in [0.1, 0.15) is 6.10 Å². The molecule has 2 rings (SSSR count). The van der Waals surface area contributed by atoms with Gasteiger partial charge in [-0.15, -0.1) is 0 Å². The van der Waals surface area contributed by atoms with Crippen LogP contribution in [0.25, 0.3) is 0 Å². The number of ether oxygens (including phenoxy) is 3. The van der Waals surface area contributed by atoms with E-state index in [1.165, 1.54) is 39.3 Å². The molecule has 0 amide bonds. The zero-order valence-corrected chi connectivity index (χ0v) is 20.1. The Morgan fingerprint density at radius 3 is 2.26 bits per heavy atom. The van der Waals surface area contributed by atoms with Gasteiger partial charge in [-0.05, 0) is 30.5 Å². The fourth-order valence-corrected chi connectivity index (χ4v) is 3.78. The number of pyridine rings is 1. The van der Waals surface area contributed by atoms with Gasteiger partial charge in [-0.25, -0.2) is 13.8 Å². The molecule has 0 saturated heterocycles. The molecule has 0 radical (unpaired) electrons. The summed E-state index contributed by atoms with van der Waals surface area (Å²) in [6, 6.07) is 5.05. The Balaban J connectivity index is 2.15. The summed E-state index contributed by atoms with van der Waals surface area (Å²) in [4.78, 5) is 41.0. The second kappa shape index (κ2) is 11.7. The largest absolute Gasteiger partial charge is 0.493 e. The monoisotopic (exact) mass is 477 g/mol. The van der Waals surface area contributed by atoms with Crippen LogP contribution in [0.2, 0.25) is 0 Å². The first-order valence-electron chi connectivity index (χ1n) is 10.9. The van der Waals surface area contributed by atoms with E-state index in [4.69, 9.17) is 14.2 Å². The van der Waals surface area contributed by atoms with Crippen molar-refractivity contribution in [3.8, 4) is 11.5 Å². The van der Waals surface area contributed by atoms with E-state index in [9.17, 15) is 23.2 Å². The Hall–Kier alpha value is -3.36. The number of hydrogen-bond donors (Lipinski definition) is 0. The molecule has 0 bridgehead atoms. The molecule has 0 unspecified atom stereocenters. The highest BCUT2D eigenvalue weighted by Crippen LogP contribution is 2.33. The van der Waals surface area contributed by atoms with Gasteiger partial charge in [0.15, 0.2) is 28.9 Å². The van der Waals surface area contributed by atoms with Crippen molar-refractivity contribution in [1.82, 2.24) is 4.98 Å². The first kappa shape index (κ1) is 26.9. The number of aromatic nitrogens is 1. The van der Waals surface area contributed by atoms with Crippen molar-refractivity contribution in [3.63, 3.8) is 0 Å². The number of esters is 2. The van der Waals surface area contributed by atoms with Gasteiger partial charge in [-0.2, -0.15) is 0 Å². The lowest BCUT2D eigenvalue weighted by molar-refractivity contribution is -0.154. The van der Waals surface area contributed by atoms with Crippen LogP contribution in [0.1, 0.15) is 63.0 Å². The second-order valence-corrected chi connectivity index (χ2v) is 8.40. The molecule has 3 atom stereocenters. The number of methoxy groups -OCH3 is 1. The molecule has 0 aliphatic rings. The Morgan fingerprint density at radius 2 is 1.71 bits per heavy atom. The SMILES string of the molecule is COc1ccnc(C(=O)C[C@@H](C)C(=O)O[C@@H](C)[C@H](c2ccc(F)c(F)c2)C(C)C)c1OC(C)=O. The number of carbonyl (C=O) groups is 3.